The zero-order valence-corrected chi connectivity index (χ0v) is 10.2. The van der Waals surface area contributed by atoms with E-state index in [1.165, 1.54) is 0 Å². The minimum atomic E-state index is -0.687. The van der Waals surface area contributed by atoms with E-state index < -0.39 is 12.1 Å². The molecule has 6 heteroatoms. The van der Waals surface area contributed by atoms with Crippen LogP contribution >= 0.6 is 0 Å². The van der Waals surface area contributed by atoms with E-state index in [9.17, 15) is 14.4 Å². The molecular formula is C13H14N2O4. The molecule has 0 unspecified atom stereocenters. The average molecular weight is 262 g/mol. The number of carbonyl (C=O) groups is 3. The summed E-state index contributed by atoms with van der Waals surface area (Å²) >= 11 is 0. The first-order valence-electron chi connectivity index (χ1n) is 5.92. The summed E-state index contributed by atoms with van der Waals surface area (Å²) in [6.45, 7) is 0.138. The number of aldehydes is 1. The Kier molecular flexibility index (Phi) is 4.12. The molecule has 0 saturated carbocycles. The predicted octanol–water partition coefficient (Wildman–Crippen LogP) is 0.369. The van der Waals surface area contributed by atoms with E-state index in [1.807, 2.05) is 30.3 Å². The van der Waals surface area contributed by atoms with Crippen molar-refractivity contribution in [2.45, 2.75) is 25.1 Å². The number of hydrogen-bond donors (Lipinski definition) is 2. The lowest BCUT2D eigenvalue weighted by atomic mass is 9.97. The van der Waals surface area contributed by atoms with Gasteiger partial charge in [-0.05, 0) is 5.56 Å². The third-order valence-corrected chi connectivity index (χ3v) is 2.85. The van der Waals surface area contributed by atoms with E-state index in [1.54, 1.807) is 0 Å². The number of benzene rings is 1. The minimum absolute atomic E-state index is 0.138. The van der Waals surface area contributed by atoms with Crippen molar-refractivity contribution in [1.29, 1.82) is 0 Å². The van der Waals surface area contributed by atoms with Crippen molar-refractivity contribution in [1.82, 2.24) is 10.6 Å². The van der Waals surface area contributed by atoms with Crippen LogP contribution in [0.3, 0.4) is 0 Å². The standard InChI is InChI=1S/C13H14N2O4/c16-7-6-10-11(12(17)14-10)15-13(18)19-8-9-4-2-1-3-5-9/h1-5,7,10-11H,6,8H2,(H,14,17)(H,15,18)/t10-,11-/m1/s1. The summed E-state index contributed by atoms with van der Waals surface area (Å²) in [5.41, 5.74) is 0.861. The molecule has 1 saturated heterocycles. The molecule has 0 aliphatic carbocycles. The van der Waals surface area contributed by atoms with Crippen molar-refractivity contribution in [3.63, 3.8) is 0 Å². The van der Waals surface area contributed by atoms with Crippen LogP contribution in [-0.4, -0.2) is 30.4 Å². The first-order chi connectivity index (χ1) is 9.20. The molecule has 1 fully saturated rings. The minimum Gasteiger partial charge on any atom is -0.445 e. The number of rotatable bonds is 5. The topological polar surface area (TPSA) is 84.5 Å². The lowest BCUT2D eigenvalue weighted by Gasteiger charge is -2.35. The summed E-state index contributed by atoms with van der Waals surface area (Å²) in [6.07, 6.45) is 0.211. The van der Waals surface area contributed by atoms with Gasteiger partial charge in [-0.3, -0.25) is 4.79 Å². The fraction of sp³-hybridized carbons (Fsp3) is 0.308. The van der Waals surface area contributed by atoms with E-state index in [-0.39, 0.29) is 25.0 Å². The number of ether oxygens (including phenoxy) is 1. The Morgan fingerprint density at radius 3 is 2.74 bits per heavy atom. The molecule has 2 atom stereocenters. The van der Waals surface area contributed by atoms with Crippen LogP contribution in [0, 0.1) is 0 Å². The van der Waals surface area contributed by atoms with Crippen molar-refractivity contribution in [2.24, 2.45) is 0 Å². The van der Waals surface area contributed by atoms with Crippen LogP contribution < -0.4 is 10.6 Å². The Morgan fingerprint density at radius 1 is 1.37 bits per heavy atom. The van der Waals surface area contributed by atoms with Gasteiger partial charge in [-0.2, -0.15) is 0 Å². The number of nitrogens with one attached hydrogen (secondary N) is 2. The van der Waals surface area contributed by atoms with Crippen molar-refractivity contribution >= 4 is 18.3 Å². The number of β-lactam (4-membered cyclic amide) rings is 1. The summed E-state index contributed by atoms with van der Waals surface area (Å²) in [5, 5.41) is 4.97. The molecule has 0 spiro atoms. The number of carbonyl (C=O) groups excluding carboxylic acids is 3. The van der Waals surface area contributed by atoms with Gasteiger partial charge >= 0.3 is 6.09 Å². The third-order valence-electron chi connectivity index (χ3n) is 2.85. The largest absolute Gasteiger partial charge is 0.445 e. The van der Waals surface area contributed by atoms with Crippen LogP contribution in [0.5, 0.6) is 0 Å². The average Bonchev–Trinajstić information content (AvgIpc) is 2.43. The predicted molar refractivity (Wildman–Crippen MR) is 66.2 cm³/mol. The molecule has 1 aliphatic heterocycles. The fourth-order valence-electron chi connectivity index (χ4n) is 1.80. The number of alkyl carbamates (subject to hydrolysis) is 1. The lowest BCUT2D eigenvalue weighted by molar-refractivity contribution is -0.132. The Bertz CT molecular complexity index is 473. The van der Waals surface area contributed by atoms with E-state index >= 15 is 0 Å². The van der Waals surface area contributed by atoms with Gasteiger partial charge in [-0.1, -0.05) is 30.3 Å². The summed E-state index contributed by atoms with van der Waals surface area (Å²) < 4.78 is 4.99. The molecule has 0 aromatic heterocycles. The maximum atomic E-state index is 11.5. The maximum Gasteiger partial charge on any atom is 0.408 e. The summed E-state index contributed by atoms with van der Waals surface area (Å²) in [6, 6.07) is 8.19. The van der Waals surface area contributed by atoms with E-state index in [2.05, 4.69) is 10.6 Å². The Hall–Kier alpha value is -2.37. The molecule has 1 heterocycles. The zero-order chi connectivity index (χ0) is 13.7. The van der Waals surface area contributed by atoms with Gasteiger partial charge in [0, 0.05) is 6.42 Å². The Balaban J connectivity index is 1.78. The molecule has 0 bridgehead atoms. The van der Waals surface area contributed by atoms with E-state index in [0.717, 1.165) is 5.56 Å². The second kappa shape index (κ2) is 5.99. The van der Waals surface area contributed by atoms with Gasteiger partial charge in [0.1, 0.15) is 18.9 Å². The normalized spacial score (nSPS) is 20.9. The Labute approximate surface area is 110 Å². The lowest BCUT2D eigenvalue weighted by Crippen LogP contribution is -2.69. The van der Waals surface area contributed by atoms with Gasteiger partial charge in [-0.15, -0.1) is 0 Å². The van der Waals surface area contributed by atoms with Crippen LogP contribution in [0.4, 0.5) is 4.79 Å². The van der Waals surface area contributed by atoms with Gasteiger partial charge in [-0.25, -0.2) is 4.79 Å². The highest BCUT2D eigenvalue weighted by Crippen LogP contribution is 2.09. The van der Waals surface area contributed by atoms with E-state index in [0.29, 0.717) is 6.29 Å². The zero-order valence-electron chi connectivity index (χ0n) is 10.2. The highest BCUT2D eigenvalue weighted by molar-refractivity contribution is 5.92. The monoisotopic (exact) mass is 262 g/mol. The van der Waals surface area contributed by atoms with Crippen LogP contribution in [0.1, 0.15) is 12.0 Å². The van der Waals surface area contributed by atoms with Crippen LogP contribution in [0.2, 0.25) is 0 Å². The second-order valence-corrected chi connectivity index (χ2v) is 4.20. The highest BCUT2D eigenvalue weighted by Gasteiger charge is 2.40. The van der Waals surface area contributed by atoms with Crippen molar-refractivity contribution in [3.05, 3.63) is 35.9 Å². The van der Waals surface area contributed by atoms with Gasteiger partial charge in [0.15, 0.2) is 0 Å². The molecule has 0 radical (unpaired) electrons. The summed E-state index contributed by atoms with van der Waals surface area (Å²) in [7, 11) is 0. The molecule has 2 rings (SSSR count). The van der Waals surface area contributed by atoms with Gasteiger partial charge in [0.05, 0.1) is 6.04 Å². The van der Waals surface area contributed by atoms with Crippen molar-refractivity contribution in [3.8, 4) is 0 Å². The summed E-state index contributed by atoms with van der Waals surface area (Å²) in [4.78, 5) is 33.1. The molecule has 100 valence electrons. The summed E-state index contributed by atoms with van der Waals surface area (Å²) in [5.74, 6) is -0.302. The molecular weight excluding hydrogens is 248 g/mol. The fourth-order valence-corrected chi connectivity index (χ4v) is 1.80. The van der Waals surface area contributed by atoms with Crippen LogP contribution in [-0.2, 0) is 20.9 Å². The molecule has 6 nitrogen and oxygen atoms in total. The van der Waals surface area contributed by atoms with Gasteiger partial charge in [0.2, 0.25) is 5.91 Å². The smallest absolute Gasteiger partial charge is 0.408 e. The Morgan fingerprint density at radius 2 is 2.11 bits per heavy atom. The SMILES string of the molecule is O=CC[C@H]1NC(=O)[C@@H]1NC(=O)OCc1ccccc1. The second-order valence-electron chi connectivity index (χ2n) is 4.20. The van der Waals surface area contributed by atoms with Crippen molar-refractivity contribution < 1.29 is 19.1 Å². The molecule has 1 aromatic rings. The molecule has 2 N–H and O–H groups in total. The van der Waals surface area contributed by atoms with E-state index in [4.69, 9.17) is 4.74 Å². The number of amides is 2. The van der Waals surface area contributed by atoms with Gasteiger partial charge in [0.25, 0.3) is 0 Å². The first kappa shape index (κ1) is 13.1. The van der Waals surface area contributed by atoms with Gasteiger partial charge < -0.3 is 20.2 Å². The third kappa shape index (κ3) is 3.31. The molecule has 19 heavy (non-hydrogen) atoms. The van der Waals surface area contributed by atoms with Crippen LogP contribution in [0.25, 0.3) is 0 Å². The van der Waals surface area contributed by atoms with Crippen LogP contribution in [0.15, 0.2) is 30.3 Å². The maximum absolute atomic E-state index is 11.5. The first-order valence-corrected chi connectivity index (χ1v) is 5.92. The highest BCUT2D eigenvalue weighted by atomic mass is 16.5. The quantitative estimate of drug-likeness (QED) is 0.593. The molecule has 2 amide bonds. The molecule has 1 aliphatic rings. The number of hydrogen-bond acceptors (Lipinski definition) is 4. The molecule has 1 aromatic carbocycles. The van der Waals surface area contributed by atoms with Crippen molar-refractivity contribution in [2.75, 3.05) is 0 Å².